The van der Waals surface area contributed by atoms with Gasteiger partial charge in [0, 0.05) is 0 Å². The Morgan fingerprint density at radius 2 is 2.23 bits per heavy atom. The standard InChI is InChI=1S/C9H9NO2.CH4/c1-6-2-3-8-7(4-6)10-9(11)5-12-8;/h2-4H,5H2,1H3,(H,10,11);1H4. The number of amides is 1. The Hall–Kier alpha value is -1.51. The molecule has 1 N–H and O–H groups in total. The summed E-state index contributed by atoms with van der Waals surface area (Å²) in [4.78, 5) is 10.9. The maximum absolute atomic E-state index is 10.9. The fourth-order valence-corrected chi connectivity index (χ4v) is 1.20. The van der Waals surface area contributed by atoms with Crippen LogP contribution in [-0.4, -0.2) is 12.5 Å². The van der Waals surface area contributed by atoms with E-state index in [9.17, 15) is 4.79 Å². The average molecular weight is 179 g/mol. The molecule has 1 heterocycles. The van der Waals surface area contributed by atoms with Gasteiger partial charge in [0.1, 0.15) is 5.75 Å². The van der Waals surface area contributed by atoms with Gasteiger partial charge in [-0.2, -0.15) is 0 Å². The average Bonchev–Trinajstić information content (AvgIpc) is 2.03. The fraction of sp³-hybridized carbons (Fsp3) is 0.300. The number of nitrogens with one attached hydrogen (secondary N) is 1. The third kappa shape index (κ3) is 1.80. The molecule has 0 aromatic heterocycles. The van der Waals surface area contributed by atoms with Crippen molar-refractivity contribution in [3.05, 3.63) is 23.8 Å². The molecule has 0 atom stereocenters. The number of fused-ring (bicyclic) bond motifs is 1. The smallest absolute Gasteiger partial charge is 0.262 e. The molecule has 0 bridgehead atoms. The Morgan fingerprint density at radius 1 is 1.46 bits per heavy atom. The molecule has 0 radical (unpaired) electrons. The highest BCUT2D eigenvalue weighted by molar-refractivity contribution is 5.95. The number of ether oxygens (including phenoxy) is 1. The summed E-state index contributed by atoms with van der Waals surface area (Å²) >= 11 is 0. The monoisotopic (exact) mass is 179 g/mol. The van der Waals surface area contributed by atoms with Crippen LogP contribution in [0.5, 0.6) is 5.75 Å². The first kappa shape index (κ1) is 9.58. The van der Waals surface area contributed by atoms with Gasteiger partial charge in [-0.3, -0.25) is 4.79 Å². The van der Waals surface area contributed by atoms with Crippen molar-refractivity contribution in [1.82, 2.24) is 0 Å². The van der Waals surface area contributed by atoms with Crippen molar-refractivity contribution in [2.45, 2.75) is 14.4 Å². The zero-order valence-corrected chi connectivity index (χ0v) is 6.76. The zero-order valence-electron chi connectivity index (χ0n) is 6.76. The van der Waals surface area contributed by atoms with Crippen LogP contribution >= 0.6 is 0 Å². The van der Waals surface area contributed by atoms with Crippen LogP contribution in [0.1, 0.15) is 13.0 Å². The number of anilines is 1. The molecule has 0 saturated heterocycles. The maximum Gasteiger partial charge on any atom is 0.262 e. The summed E-state index contributed by atoms with van der Waals surface area (Å²) in [5, 5.41) is 2.74. The predicted octanol–water partition coefficient (Wildman–Crippen LogP) is 1.96. The summed E-state index contributed by atoms with van der Waals surface area (Å²) in [6.45, 7) is 2.09. The van der Waals surface area contributed by atoms with Crippen LogP contribution < -0.4 is 10.1 Å². The molecule has 0 unspecified atom stereocenters. The first-order valence-corrected chi connectivity index (χ1v) is 3.79. The summed E-state index contributed by atoms with van der Waals surface area (Å²) in [6, 6.07) is 5.72. The minimum Gasteiger partial charge on any atom is -0.482 e. The third-order valence-electron chi connectivity index (χ3n) is 1.77. The van der Waals surface area contributed by atoms with Crippen LogP contribution in [0.2, 0.25) is 0 Å². The van der Waals surface area contributed by atoms with Gasteiger partial charge in [0.25, 0.3) is 5.91 Å². The number of hydrogen-bond donors (Lipinski definition) is 1. The van der Waals surface area contributed by atoms with Crippen molar-refractivity contribution >= 4 is 11.6 Å². The van der Waals surface area contributed by atoms with Gasteiger partial charge in [0.2, 0.25) is 0 Å². The highest BCUT2D eigenvalue weighted by atomic mass is 16.5. The summed E-state index contributed by atoms with van der Waals surface area (Å²) in [7, 11) is 0. The summed E-state index contributed by atoms with van der Waals surface area (Å²) in [5.41, 5.74) is 1.88. The number of carbonyl (C=O) groups excluding carboxylic acids is 1. The molecule has 3 nitrogen and oxygen atoms in total. The number of hydrogen-bond acceptors (Lipinski definition) is 2. The first-order valence-electron chi connectivity index (χ1n) is 3.79. The van der Waals surface area contributed by atoms with Crippen LogP contribution in [0.3, 0.4) is 0 Å². The molecule has 0 aliphatic carbocycles. The van der Waals surface area contributed by atoms with E-state index in [1.165, 1.54) is 0 Å². The van der Waals surface area contributed by atoms with E-state index >= 15 is 0 Å². The second-order valence-electron chi connectivity index (χ2n) is 2.84. The van der Waals surface area contributed by atoms with Gasteiger partial charge in [0.15, 0.2) is 6.61 Å². The third-order valence-corrected chi connectivity index (χ3v) is 1.77. The van der Waals surface area contributed by atoms with Crippen molar-refractivity contribution in [3.8, 4) is 5.75 Å². The lowest BCUT2D eigenvalue weighted by atomic mass is 10.2. The fourth-order valence-electron chi connectivity index (χ4n) is 1.20. The summed E-state index contributed by atoms with van der Waals surface area (Å²) in [6.07, 6.45) is 0. The Bertz CT molecular complexity index is 334. The van der Waals surface area contributed by atoms with E-state index in [0.717, 1.165) is 17.0 Å². The Labute approximate surface area is 77.7 Å². The van der Waals surface area contributed by atoms with E-state index < -0.39 is 0 Å². The van der Waals surface area contributed by atoms with Gasteiger partial charge < -0.3 is 10.1 Å². The topological polar surface area (TPSA) is 38.3 Å². The molecular formula is C10H13NO2. The molecule has 0 saturated carbocycles. The predicted molar refractivity (Wildman–Crippen MR) is 52.0 cm³/mol. The van der Waals surface area contributed by atoms with Gasteiger partial charge in [-0.15, -0.1) is 0 Å². The summed E-state index contributed by atoms with van der Waals surface area (Å²) < 4.78 is 5.18. The van der Waals surface area contributed by atoms with Crippen molar-refractivity contribution in [2.75, 3.05) is 11.9 Å². The SMILES string of the molecule is C.Cc1ccc2c(c1)NC(=O)CO2. The molecule has 70 valence electrons. The lowest BCUT2D eigenvalue weighted by Crippen LogP contribution is -2.25. The Kier molecular flexibility index (Phi) is 2.56. The molecule has 2 rings (SSSR count). The van der Waals surface area contributed by atoms with Crippen LogP contribution in [-0.2, 0) is 4.79 Å². The van der Waals surface area contributed by atoms with Crippen molar-refractivity contribution in [2.24, 2.45) is 0 Å². The lowest BCUT2D eigenvalue weighted by molar-refractivity contribution is -0.118. The summed E-state index contributed by atoms with van der Waals surface area (Å²) in [5.74, 6) is 0.660. The van der Waals surface area contributed by atoms with E-state index in [0.29, 0.717) is 0 Å². The van der Waals surface area contributed by atoms with Gasteiger partial charge >= 0.3 is 0 Å². The normalized spacial score (nSPS) is 13.5. The number of aryl methyl sites for hydroxylation is 1. The van der Waals surface area contributed by atoms with Crippen LogP contribution in [0.4, 0.5) is 5.69 Å². The van der Waals surface area contributed by atoms with Gasteiger partial charge in [0.05, 0.1) is 5.69 Å². The quantitative estimate of drug-likeness (QED) is 0.661. The van der Waals surface area contributed by atoms with E-state index in [4.69, 9.17) is 4.74 Å². The molecule has 1 aliphatic rings. The second kappa shape index (κ2) is 3.47. The largest absolute Gasteiger partial charge is 0.482 e. The molecular weight excluding hydrogens is 166 g/mol. The highest BCUT2D eigenvalue weighted by Crippen LogP contribution is 2.27. The molecule has 1 aromatic rings. The minimum absolute atomic E-state index is 0. The van der Waals surface area contributed by atoms with Crippen LogP contribution in [0.25, 0.3) is 0 Å². The van der Waals surface area contributed by atoms with E-state index in [1.54, 1.807) is 0 Å². The molecule has 1 aliphatic heterocycles. The van der Waals surface area contributed by atoms with Crippen LogP contribution in [0, 0.1) is 6.92 Å². The van der Waals surface area contributed by atoms with Gasteiger partial charge in [-0.05, 0) is 24.6 Å². The Morgan fingerprint density at radius 3 is 3.00 bits per heavy atom. The van der Waals surface area contributed by atoms with Crippen LogP contribution in [0.15, 0.2) is 18.2 Å². The second-order valence-corrected chi connectivity index (χ2v) is 2.84. The molecule has 0 spiro atoms. The van der Waals surface area contributed by atoms with Crippen molar-refractivity contribution in [3.63, 3.8) is 0 Å². The number of carbonyl (C=O) groups is 1. The van der Waals surface area contributed by atoms with Gasteiger partial charge in [-0.1, -0.05) is 13.5 Å². The molecule has 1 amide bonds. The lowest BCUT2D eigenvalue weighted by Gasteiger charge is -2.17. The maximum atomic E-state index is 10.9. The zero-order chi connectivity index (χ0) is 8.55. The van der Waals surface area contributed by atoms with E-state index in [-0.39, 0.29) is 19.9 Å². The van der Waals surface area contributed by atoms with Crippen molar-refractivity contribution < 1.29 is 9.53 Å². The van der Waals surface area contributed by atoms with E-state index in [1.807, 2.05) is 25.1 Å². The number of rotatable bonds is 0. The molecule has 1 aromatic carbocycles. The molecule has 13 heavy (non-hydrogen) atoms. The highest BCUT2D eigenvalue weighted by Gasteiger charge is 2.14. The first-order chi connectivity index (χ1) is 5.75. The number of benzene rings is 1. The molecule has 3 heteroatoms. The van der Waals surface area contributed by atoms with Gasteiger partial charge in [-0.25, -0.2) is 0 Å². The Balaban J connectivity index is 0.000000845. The molecule has 0 fully saturated rings. The van der Waals surface area contributed by atoms with E-state index in [2.05, 4.69) is 5.32 Å². The minimum atomic E-state index is -0.0897. The van der Waals surface area contributed by atoms with Crippen molar-refractivity contribution in [1.29, 1.82) is 0 Å².